The second kappa shape index (κ2) is 12.4. The van der Waals surface area contributed by atoms with Crippen LogP contribution in [0.5, 0.6) is 5.75 Å². The van der Waals surface area contributed by atoms with E-state index >= 15 is 0 Å². The van der Waals surface area contributed by atoms with Crippen LogP contribution in [0.15, 0.2) is 107 Å². The normalized spacial score (nSPS) is 11.9. The molecule has 14 heteroatoms. The topological polar surface area (TPSA) is 122 Å². The van der Waals surface area contributed by atoms with E-state index in [4.69, 9.17) is 4.74 Å². The molecule has 0 radical (unpaired) electrons. The van der Waals surface area contributed by atoms with Crippen LogP contribution in [-0.2, 0) is 31.0 Å². The number of halogens is 3. The summed E-state index contributed by atoms with van der Waals surface area (Å²) in [5.41, 5.74) is -0.272. The summed E-state index contributed by atoms with van der Waals surface area (Å²) < 4.78 is 101. The van der Waals surface area contributed by atoms with Gasteiger partial charge in [-0.15, -0.1) is 0 Å². The zero-order valence-electron chi connectivity index (χ0n) is 22.8. The van der Waals surface area contributed by atoms with Crippen LogP contribution in [0.1, 0.15) is 11.1 Å². The summed E-state index contributed by atoms with van der Waals surface area (Å²) in [6, 6.07) is 20.5. The Morgan fingerprint density at radius 3 is 1.98 bits per heavy atom. The number of methoxy groups -OCH3 is 1. The first-order valence-electron chi connectivity index (χ1n) is 12.5. The van der Waals surface area contributed by atoms with Crippen molar-refractivity contribution in [3.8, 4) is 5.75 Å². The predicted molar refractivity (Wildman–Crippen MR) is 156 cm³/mol. The fraction of sp³-hybridized carbons (Fsp3) is 0.138. The summed E-state index contributed by atoms with van der Waals surface area (Å²) >= 11 is 0. The first kappa shape index (κ1) is 31.4. The molecule has 1 amide bonds. The highest BCUT2D eigenvalue weighted by Crippen LogP contribution is 2.33. The van der Waals surface area contributed by atoms with Crippen molar-refractivity contribution in [3.05, 3.63) is 108 Å². The molecule has 4 rings (SSSR count). The SMILES string of the molecule is COc1ccc(NS(=O)(=O)c2ccc(NC(=O)CN(c3cccc(C(F)(F)F)c3)S(=O)(=O)c3ccc(C)cc3)cc2)cc1. The van der Waals surface area contributed by atoms with Crippen molar-refractivity contribution in [2.75, 3.05) is 28.0 Å². The highest BCUT2D eigenvalue weighted by molar-refractivity contribution is 7.93. The van der Waals surface area contributed by atoms with Gasteiger partial charge in [0, 0.05) is 11.4 Å². The van der Waals surface area contributed by atoms with Crippen LogP contribution in [0.3, 0.4) is 0 Å². The molecule has 226 valence electrons. The predicted octanol–water partition coefficient (Wildman–Crippen LogP) is 5.66. The van der Waals surface area contributed by atoms with E-state index in [1.807, 2.05) is 0 Å². The average molecular weight is 634 g/mol. The molecule has 0 aromatic heterocycles. The van der Waals surface area contributed by atoms with Crippen LogP contribution in [0.4, 0.5) is 30.2 Å². The fourth-order valence-electron chi connectivity index (χ4n) is 3.91. The molecule has 0 unspecified atom stereocenters. The lowest BCUT2D eigenvalue weighted by Gasteiger charge is -2.25. The van der Waals surface area contributed by atoms with Crippen molar-refractivity contribution < 1.29 is 39.5 Å². The number of benzene rings is 4. The zero-order chi connectivity index (χ0) is 31.4. The van der Waals surface area contributed by atoms with Gasteiger partial charge >= 0.3 is 6.18 Å². The molecule has 0 atom stereocenters. The Labute approximate surface area is 247 Å². The maximum Gasteiger partial charge on any atom is 0.416 e. The molecule has 0 fully saturated rings. The second-order valence-corrected chi connectivity index (χ2v) is 12.8. The van der Waals surface area contributed by atoms with Crippen molar-refractivity contribution in [2.45, 2.75) is 22.9 Å². The Kier molecular flexibility index (Phi) is 9.01. The maximum absolute atomic E-state index is 13.5. The first-order chi connectivity index (χ1) is 20.2. The Morgan fingerprint density at radius 2 is 1.40 bits per heavy atom. The van der Waals surface area contributed by atoms with E-state index in [1.54, 1.807) is 19.1 Å². The molecule has 43 heavy (non-hydrogen) atoms. The molecule has 0 aliphatic rings. The number of carbonyl (C=O) groups excluding carboxylic acids is 1. The molecule has 2 N–H and O–H groups in total. The van der Waals surface area contributed by atoms with Crippen molar-refractivity contribution in [3.63, 3.8) is 0 Å². The molecule has 0 aliphatic carbocycles. The van der Waals surface area contributed by atoms with Crippen molar-refractivity contribution in [1.29, 1.82) is 0 Å². The molecule has 4 aromatic carbocycles. The van der Waals surface area contributed by atoms with Gasteiger partial charge in [-0.1, -0.05) is 23.8 Å². The third kappa shape index (κ3) is 7.64. The van der Waals surface area contributed by atoms with Gasteiger partial charge in [0.05, 0.1) is 28.2 Å². The van der Waals surface area contributed by atoms with Crippen LogP contribution in [0.25, 0.3) is 0 Å². The average Bonchev–Trinajstić information content (AvgIpc) is 2.96. The van der Waals surface area contributed by atoms with Gasteiger partial charge in [-0.05, 0) is 85.8 Å². The Bertz CT molecular complexity index is 1810. The molecular formula is C29H26F3N3O6S2. The van der Waals surface area contributed by atoms with E-state index in [0.29, 0.717) is 21.8 Å². The van der Waals surface area contributed by atoms with Gasteiger partial charge in [-0.3, -0.25) is 13.8 Å². The number of nitrogens with one attached hydrogen (secondary N) is 2. The molecule has 0 aliphatic heterocycles. The number of nitrogens with zero attached hydrogens (tertiary/aromatic N) is 1. The second-order valence-electron chi connectivity index (χ2n) is 9.28. The van der Waals surface area contributed by atoms with Crippen molar-refractivity contribution in [1.82, 2.24) is 0 Å². The van der Waals surface area contributed by atoms with E-state index in [0.717, 1.165) is 23.8 Å². The van der Waals surface area contributed by atoms with Crippen LogP contribution >= 0.6 is 0 Å². The Morgan fingerprint density at radius 1 is 0.814 bits per heavy atom. The minimum Gasteiger partial charge on any atom is -0.497 e. The number of rotatable bonds is 10. The summed E-state index contributed by atoms with van der Waals surface area (Å²) in [5, 5.41) is 2.46. The monoisotopic (exact) mass is 633 g/mol. The number of amides is 1. The number of aryl methyl sites for hydroxylation is 1. The molecule has 0 saturated heterocycles. The summed E-state index contributed by atoms with van der Waals surface area (Å²) in [7, 11) is -6.98. The Hall–Kier alpha value is -4.56. The molecular weight excluding hydrogens is 607 g/mol. The van der Waals surface area contributed by atoms with Gasteiger partial charge in [0.2, 0.25) is 5.91 Å². The standard InChI is InChI=1S/C29H26F3N3O6S2/c1-20-6-14-27(15-7-20)43(39,40)35(24-5-3-4-21(18-24)29(30,31)32)19-28(36)33-22-10-16-26(17-11-22)42(37,38)34-23-8-12-25(41-2)13-9-23/h3-18,34H,19H2,1-2H3,(H,33,36). The van der Waals surface area contributed by atoms with Crippen LogP contribution in [-0.4, -0.2) is 36.4 Å². The number of carbonyl (C=O) groups is 1. The number of hydrogen-bond acceptors (Lipinski definition) is 6. The van der Waals surface area contributed by atoms with Gasteiger partial charge < -0.3 is 10.1 Å². The van der Waals surface area contributed by atoms with Gasteiger partial charge in [-0.25, -0.2) is 16.8 Å². The summed E-state index contributed by atoms with van der Waals surface area (Å²) in [6.07, 6.45) is -4.75. The van der Waals surface area contributed by atoms with Gasteiger partial charge in [0.1, 0.15) is 12.3 Å². The highest BCUT2D eigenvalue weighted by Gasteiger charge is 2.33. The van der Waals surface area contributed by atoms with Gasteiger partial charge in [0.15, 0.2) is 0 Å². The molecule has 9 nitrogen and oxygen atoms in total. The van der Waals surface area contributed by atoms with E-state index in [-0.39, 0.29) is 21.2 Å². The van der Waals surface area contributed by atoms with Crippen LogP contribution in [0.2, 0.25) is 0 Å². The van der Waals surface area contributed by atoms with Crippen LogP contribution < -0.4 is 19.1 Å². The molecule has 0 spiro atoms. The molecule has 0 heterocycles. The summed E-state index contributed by atoms with van der Waals surface area (Å²) in [4.78, 5) is 12.7. The first-order valence-corrected chi connectivity index (χ1v) is 15.4. The lowest BCUT2D eigenvalue weighted by Crippen LogP contribution is -2.38. The number of hydrogen-bond donors (Lipinski definition) is 2. The van der Waals surface area contributed by atoms with Gasteiger partial charge in [-0.2, -0.15) is 13.2 Å². The van der Waals surface area contributed by atoms with Crippen LogP contribution in [0, 0.1) is 6.92 Å². The Balaban J connectivity index is 1.56. The van der Waals surface area contributed by atoms with Crippen molar-refractivity contribution >= 4 is 43.0 Å². The quantitative estimate of drug-likeness (QED) is 0.233. The zero-order valence-corrected chi connectivity index (χ0v) is 24.4. The van der Waals surface area contributed by atoms with E-state index < -0.39 is 44.2 Å². The third-order valence-electron chi connectivity index (χ3n) is 6.15. The smallest absolute Gasteiger partial charge is 0.416 e. The van der Waals surface area contributed by atoms with E-state index in [2.05, 4.69) is 10.0 Å². The summed E-state index contributed by atoms with van der Waals surface area (Å²) in [5.74, 6) is -0.332. The number of ether oxygens (including phenoxy) is 1. The van der Waals surface area contributed by atoms with Gasteiger partial charge in [0.25, 0.3) is 20.0 Å². The summed E-state index contributed by atoms with van der Waals surface area (Å²) in [6.45, 7) is 0.872. The minimum atomic E-state index is -4.75. The lowest BCUT2D eigenvalue weighted by atomic mass is 10.2. The minimum absolute atomic E-state index is 0.117. The fourth-order valence-corrected chi connectivity index (χ4v) is 6.38. The largest absolute Gasteiger partial charge is 0.497 e. The third-order valence-corrected chi connectivity index (χ3v) is 9.33. The van der Waals surface area contributed by atoms with Crippen molar-refractivity contribution in [2.24, 2.45) is 0 Å². The molecule has 0 bridgehead atoms. The lowest BCUT2D eigenvalue weighted by molar-refractivity contribution is -0.137. The number of anilines is 3. The number of sulfonamides is 2. The van der Waals surface area contributed by atoms with E-state index in [9.17, 15) is 34.8 Å². The maximum atomic E-state index is 13.5. The van der Waals surface area contributed by atoms with E-state index in [1.165, 1.54) is 67.8 Å². The molecule has 0 saturated carbocycles. The highest BCUT2D eigenvalue weighted by atomic mass is 32.2. The molecule has 4 aromatic rings. The number of alkyl halides is 3.